The Morgan fingerprint density at radius 3 is 2.17 bits per heavy atom. The molecule has 24 heavy (non-hydrogen) atoms. The first-order valence-corrected chi connectivity index (χ1v) is 9.16. The number of benzene rings is 1. The molecule has 0 aliphatic heterocycles. The molecule has 0 saturated heterocycles. The summed E-state index contributed by atoms with van der Waals surface area (Å²) in [5.41, 5.74) is 10.4. The molecule has 0 aromatic heterocycles. The van der Waals surface area contributed by atoms with Gasteiger partial charge in [0, 0.05) is 0 Å². The molecular formula is C21H31NO2. The molecule has 3 heteroatoms. The van der Waals surface area contributed by atoms with Gasteiger partial charge < -0.3 is 10.8 Å². The number of nitrogens with two attached hydrogens (primary N) is 1. The molecule has 1 fully saturated rings. The summed E-state index contributed by atoms with van der Waals surface area (Å²) in [7, 11) is 0. The standard InChI is InChI=1S/C21H31NO2/c1-5-16-11-15(4)12-17(6-2)19(16)18(13-23)20(24)21(22)9-7-14(3)8-10-21/h11-14,24H,5-10,22H2,1-4H3/b20-18-. The van der Waals surface area contributed by atoms with Gasteiger partial charge in [-0.05, 0) is 68.1 Å². The minimum Gasteiger partial charge on any atom is -0.510 e. The number of carbonyl (C=O) groups excluding carboxylic acids is 1. The summed E-state index contributed by atoms with van der Waals surface area (Å²) in [6, 6.07) is 4.22. The summed E-state index contributed by atoms with van der Waals surface area (Å²) in [5, 5.41) is 11.0. The molecule has 1 aromatic rings. The number of aryl methyl sites for hydroxylation is 3. The van der Waals surface area contributed by atoms with Crippen LogP contribution in [0.25, 0.3) is 5.57 Å². The Labute approximate surface area is 146 Å². The monoisotopic (exact) mass is 329 g/mol. The highest BCUT2D eigenvalue weighted by molar-refractivity contribution is 6.09. The van der Waals surface area contributed by atoms with Crippen molar-refractivity contribution in [1.29, 1.82) is 0 Å². The molecule has 3 nitrogen and oxygen atoms in total. The van der Waals surface area contributed by atoms with Gasteiger partial charge >= 0.3 is 0 Å². The lowest BCUT2D eigenvalue weighted by atomic mass is 9.74. The second-order valence-corrected chi connectivity index (χ2v) is 7.38. The smallest absolute Gasteiger partial charge is 0.154 e. The molecule has 1 aromatic carbocycles. The number of hydrogen-bond acceptors (Lipinski definition) is 3. The zero-order chi connectivity index (χ0) is 17.9. The fourth-order valence-electron chi connectivity index (χ4n) is 3.86. The molecule has 1 saturated carbocycles. The van der Waals surface area contributed by atoms with Gasteiger partial charge in [-0.1, -0.05) is 38.5 Å². The number of carbonyl (C=O) groups is 1. The van der Waals surface area contributed by atoms with Crippen molar-refractivity contribution in [1.82, 2.24) is 0 Å². The van der Waals surface area contributed by atoms with Crippen molar-refractivity contribution >= 4 is 11.9 Å². The highest BCUT2D eigenvalue weighted by Gasteiger charge is 2.36. The normalized spacial score (nSPS) is 25.3. The van der Waals surface area contributed by atoms with Gasteiger partial charge in [0.05, 0.1) is 11.1 Å². The Morgan fingerprint density at radius 2 is 1.75 bits per heavy atom. The highest BCUT2D eigenvalue weighted by Crippen LogP contribution is 2.38. The van der Waals surface area contributed by atoms with Crippen molar-refractivity contribution in [3.63, 3.8) is 0 Å². The average Bonchev–Trinajstić information content (AvgIpc) is 2.58. The Bertz CT molecular complexity index is 612. The molecule has 0 amide bonds. The number of aldehydes is 1. The van der Waals surface area contributed by atoms with Crippen LogP contribution in [0.15, 0.2) is 17.9 Å². The summed E-state index contributed by atoms with van der Waals surface area (Å²) in [6.07, 6.45) is 5.87. The molecule has 0 spiro atoms. The maximum absolute atomic E-state index is 11.9. The van der Waals surface area contributed by atoms with E-state index in [1.807, 2.05) is 0 Å². The third-order valence-corrected chi connectivity index (χ3v) is 5.49. The first kappa shape index (κ1) is 18.7. The predicted molar refractivity (Wildman–Crippen MR) is 100 cm³/mol. The molecule has 1 aliphatic rings. The van der Waals surface area contributed by atoms with Crippen LogP contribution < -0.4 is 5.73 Å². The van der Waals surface area contributed by atoms with E-state index >= 15 is 0 Å². The maximum atomic E-state index is 11.9. The van der Waals surface area contributed by atoms with Crippen LogP contribution >= 0.6 is 0 Å². The van der Waals surface area contributed by atoms with Crippen molar-refractivity contribution < 1.29 is 9.90 Å². The van der Waals surface area contributed by atoms with Crippen LogP contribution in [-0.2, 0) is 17.6 Å². The number of aliphatic hydroxyl groups is 1. The van der Waals surface area contributed by atoms with Crippen molar-refractivity contribution in [2.24, 2.45) is 11.7 Å². The predicted octanol–water partition coefficient (Wildman–Crippen LogP) is 4.50. The van der Waals surface area contributed by atoms with Gasteiger partial charge in [-0.25, -0.2) is 0 Å². The van der Waals surface area contributed by atoms with Crippen LogP contribution in [0.2, 0.25) is 0 Å². The van der Waals surface area contributed by atoms with Gasteiger partial charge in [0.25, 0.3) is 0 Å². The second kappa shape index (κ2) is 7.52. The van der Waals surface area contributed by atoms with Crippen molar-refractivity contribution in [2.45, 2.75) is 71.8 Å². The average molecular weight is 329 g/mol. The zero-order valence-corrected chi connectivity index (χ0v) is 15.5. The van der Waals surface area contributed by atoms with E-state index < -0.39 is 5.54 Å². The Balaban J connectivity index is 2.61. The lowest BCUT2D eigenvalue weighted by Gasteiger charge is -2.36. The van der Waals surface area contributed by atoms with Gasteiger partial charge in [-0.15, -0.1) is 0 Å². The molecular weight excluding hydrogens is 298 g/mol. The molecule has 0 atom stereocenters. The lowest BCUT2D eigenvalue weighted by Crippen LogP contribution is -2.45. The number of rotatable bonds is 5. The van der Waals surface area contributed by atoms with Crippen LogP contribution in [0.5, 0.6) is 0 Å². The van der Waals surface area contributed by atoms with Crippen LogP contribution in [0, 0.1) is 12.8 Å². The van der Waals surface area contributed by atoms with E-state index in [2.05, 4.69) is 39.8 Å². The third-order valence-electron chi connectivity index (χ3n) is 5.49. The minimum atomic E-state index is -0.774. The van der Waals surface area contributed by atoms with Gasteiger partial charge in [-0.3, -0.25) is 4.79 Å². The Kier molecular flexibility index (Phi) is 5.87. The summed E-state index contributed by atoms with van der Waals surface area (Å²) in [4.78, 5) is 11.9. The number of hydrogen-bond donors (Lipinski definition) is 2. The maximum Gasteiger partial charge on any atom is 0.154 e. The van der Waals surface area contributed by atoms with Crippen LogP contribution in [0.1, 0.15) is 68.7 Å². The topological polar surface area (TPSA) is 63.3 Å². The summed E-state index contributed by atoms with van der Waals surface area (Å²) < 4.78 is 0. The van der Waals surface area contributed by atoms with Crippen LogP contribution in [-0.4, -0.2) is 16.9 Å². The highest BCUT2D eigenvalue weighted by atomic mass is 16.3. The van der Waals surface area contributed by atoms with Crippen LogP contribution in [0.3, 0.4) is 0 Å². The molecule has 0 unspecified atom stereocenters. The van der Waals surface area contributed by atoms with E-state index in [-0.39, 0.29) is 5.76 Å². The summed E-state index contributed by atoms with van der Waals surface area (Å²) in [5.74, 6) is 0.712. The number of allylic oxidation sites excluding steroid dienone is 1. The first-order valence-electron chi connectivity index (χ1n) is 9.16. The second-order valence-electron chi connectivity index (χ2n) is 7.38. The largest absolute Gasteiger partial charge is 0.510 e. The fraction of sp³-hybridized carbons (Fsp3) is 0.571. The summed E-state index contributed by atoms with van der Waals surface area (Å²) in [6.45, 7) is 8.44. The molecule has 1 aliphatic carbocycles. The van der Waals surface area contributed by atoms with Crippen molar-refractivity contribution in [3.05, 3.63) is 40.1 Å². The zero-order valence-electron chi connectivity index (χ0n) is 15.5. The van der Waals surface area contributed by atoms with E-state index in [0.717, 1.165) is 61.5 Å². The SMILES string of the molecule is CCc1cc(C)cc(CC)c1/C(C=O)=C(\O)C1(N)CCC(C)CC1. The quantitative estimate of drug-likeness (QED) is 0.475. The Morgan fingerprint density at radius 1 is 1.25 bits per heavy atom. The molecule has 0 radical (unpaired) electrons. The summed E-state index contributed by atoms with van der Waals surface area (Å²) >= 11 is 0. The van der Waals surface area contributed by atoms with E-state index in [9.17, 15) is 9.90 Å². The van der Waals surface area contributed by atoms with E-state index in [0.29, 0.717) is 11.5 Å². The van der Waals surface area contributed by atoms with Gasteiger partial charge in [-0.2, -0.15) is 0 Å². The number of aliphatic hydroxyl groups excluding tert-OH is 1. The van der Waals surface area contributed by atoms with Gasteiger partial charge in [0.2, 0.25) is 0 Å². The van der Waals surface area contributed by atoms with Gasteiger partial charge in [0.15, 0.2) is 6.29 Å². The molecule has 0 heterocycles. The van der Waals surface area contributed by atoms with E-state index in [1.165, 1.54) is 5.56 Å². The van der Waals surface area contributed by atoms with Crippen LogP contribution in [0.4, 0.5) is 0 Å². The van der Waals surface area contributed by atoms with E-state index in [4.69, 9.17) is 5.73 Å². The molecule has 132 valence electrons. The van der Waals surface area contributed by atoms with Gasteiger partial charge in [0.1, 0.15) is 5.76 Å². The minimum absolute atomic E-state index is 0.0812. The van der Waals surface area contributed by atoms with Crippen molar-refractivity contribution in [3.8, 4) is 0 Å². The van der Waals surface area contributed by atoms with E-state index in [1.54, 1.807) is 0 Å². The first-order chi connectivity index (χ1) is 11.4. The lowest BCUT2D eigenvalue weighted by molar-refractivity contribution is -0.103. The van der Waals surface area contributed by atoms with Crippen molar-refractivity contribution in [2.75, 3.05) is 0 Å². The Hall–Kier alpha value is -1.61. The fourth-order valence-corrected chi connectivity index (χ4v) is 3.86. The third kappa shape index (κ3) is 3.56. The molecule has 2 rings (SSSR count). The molecule has 0 bridgehead atoms. The molecule has 3 N–H and O–H groups in total.